The first-order chi connectivity index (χ1) is 13.8. The van der Waals surface area contributed by atoms with E-state index < -0.39 is 23.6 Å². The molecule has 1 heterocycles. The van der Waals surface area contributed by atoms with Crippen LogP contribution in [0, 0.1) is 5.82 Å². The summed E-state index contributed by atoms with van der Waals surface area (Å²) in [6, 6.07) is 11.6. The van der Waals surface area contributed by atoms with Gasteiger partial charge in [0.15, 0.2) is 5.82 Å². The van der Waals surface area contributed by atoms with E-state index in [9.17, 15) is 18.0 Å². The molecule has 3 N–H and O–H groups in total. The minimum Gasteiger partial charge on any atom is -0.435 e. The summed E-state index contributed by atoms with van der Waals surface area (Å²) >= 11 is 1.04. The van der Waals surface area contributed by atoms with E-state index in [2.05, 4.69) is 20.3 Å². The lowest BCUT2D eigenvalue weighted by Gasteiger charge is -2.12. The Balaban J connectivity index is 1.69. The number of nitrogens with zero attached hydrogens (tertiary/aromatic N) is 3. The number of thioether (sulfide) groups is 1. The Bertz CT molecular complexity index is 997. The summed E-state index contributed by atoms with van der Waals surface area (Å²) in [6.45, 7) is -1.30. The van der Waals surface area contributed by atoms with Crippen LogP contribution in [0.15, 0.2) is 53.7 Å². The normalized spacial score (nSPS) is 12.0. The van der Waals surface area contributed by atoms with Crippen LogP contribution in [-0.4, -0.2) is 32.6 Å². The van der Waals surface area contributed by atoms with E-state index in [4.69, 9.17) is 5.84 Å². The summed E-state index contributed by atoms with van der Waals surface area (Å²) in [5.74, 6) is 5.31. The third-order valence-electron chi connectivity index (χ3n) is 3.79. The highest BCUT2D eigenvalue weighted by atomic mass is 32.2. The van der Waals surface area contributed by atoms with Gasteiger partial charge in [0.05, 0.1) is 10.9 Å². The van der Waals surface area contributed by atoms with Gasteiger partial charge in [-0.15, -0.1) is 10.2 Å². The van der Waals surface area contributed by atoms with Crippen LogP contribution in [0.2, 0.25) is 0 Å². The molecule has 0 aliphatic rings. The predicted molar refractivity (Wildman–Crippen MR) is 103 cm³/mol. The minimum absolute atomic E-state index is 0.000118. The third kappa shape index (κ3) is 4.99. The Hall–Kier alpha value is -3.21. The molecular weight excluding hydrogens is 407 g/mol. The van der Waals surface area contributed by atoms with E-state index in [-0.39, 0.29) is 22.4 Å². The molecule has 3 aromatic rings. The van der Waals surface area contributed by atoms with Crippen molar-refractivity contribution in [1.29, 1.82) is 0 Å². The van der Waals surface area contributed by atoms with E-state index in [0.717, 1.165) is 11.8 Å². The number of halogens is 3. The Morgan fingerprint density at radius 3 is 2.52 bits per heavy atom. The van der Waals surface area contributed by atoms with Crippen molar-refractivity contribution in [2.75, 3.05) is 11.2 Å². The second-order valence-corrected chi connectivity index (χ2v) is 7.12. The van der Waals surface area contributed by atoms with E-state index in [0.29, 0.717) is 5.56 Å². The Morgan fingerprint density at radius 1 is 1.17 bits per heavy atom. The molecule has 7 nitrogen and oxygen atoms in total. The van der Waals surface area contributed by atoms with E-state index >= 15 is 0 Å². The summed E-state index contributed by atoms with van der Waals surface area (Å²) in [6.07, 6.45) is 0. The third-order valence-corrected chi connectivity index (χ3v) is 4.84. The summed E-state index contributed by atoms with van der Waals surface area (Å²) in [5.41, 5.74) is 0.600. The van der Waals surface area contributed by atoms with Gasteiger partial charge >= 0.3 is 6.61 Å². The lowest BCUT2D eigenvalue weighted by molar-refractivity contribution is -0.115. The molecule has 0 spiro atoms. The number of anilines is 1. The summed E-state index contributed by atoms with van der Waals surface area (Å²) in [7, 11) is 0. The van der Waals surface area contributed by atoms with Crippen molar-refractivity contribution < 1.29 is 22.7 Å². The standard InChI is InChI=1S/C18H16F3N5O2S/c1-10(16(27)23-14-5-3-2-4-13(14)19)29-18-25-24-15(26(18)22)11-6-8-12(9-7-11)28-17(20)21/h2-10,17H,22H2,1H3,(H,23,27). The number of nitrogen functional groups attached to an aromatic ring is 1. The fourth-order valence-electron chi connectivity index (χ4n) is 2.35. The number of benzene rings is 2. The fourth-order valence-corrected chi connectivity index (χ4v) is 3.12. The van der Waals surface area contributed by atoms with Crippen LogP contribution in [0.1, 0.15) is 6.92 Å². The van der Waals surface area contributed by atoms with Gasteiger partial charge in [0.25, 0.3) is 0 Å². The molecule has 0 saturated heterocycles. The second kappa shape index (κ2) is 8.86. The van der Waals surface area contributed by atoms with E-state index in [1.54, 1.807) is 13.0 Å². The van der Waals surface area contributed by atoms with Crippen LogP contribution in [0.3, 0.4) is 0 Å². The zero-order valence-electron chi connectivity index (χ0n) is 15.1. The molecule has 2 aromatic carbocycles. The number of hydrogen-bond donors (Lipinski definition) is 2. The number of rotatable bonds is 7. The van der Waals surface area contributed by atoms with Gasteiger partial charge in [0.1, 0.15) is 11.6 Å². The first kappa shape index (κ1) is 20.5. The first-order valence-corrected chi connectivity index (χ1v) is 9.21. The van der Waals surface area contributed by atoms with Crippen molar-refractivity contribution in [3.63, 3.8) is 0 Å². The van der Waals surface area contributed by atoms with Gasteiger partial charge in [-0.1, -0.05) is 23.9 Å². The van der Waals surface area contributed by atoms with Gasteiger partial charge in [0.2, 0.25) is 11.1 Å². The van der Waals surface area contributed by atoms with Crippen molar-refractivity contribution in [1.82, 2.24) is 14.9 Å². The maximum absolute atomic E-state index is 13.7. The summed E-state index contributed by atoms with van der Waals surface area (Å²) in [5, 5.41) is 10.0. The molecule has 152 valence electrons. The Kier molecular flexibility index (Phi) is 6.27. The van der Waals surface area contributed by atoms with E-state index in [1.807, 2.05) is 0 Å². The zero-order valence-corrected chi connectivity index (χ0v) is 15.9. The molecule has 0 aliphatic heterocycles. The Labute approximate surface area is 168 Å². The average Bonchev–Trinajstić information content (AvgIpc) is 3.04. The van der Waals surface area contributed by atoms with Crippen LogP contribution < -0.4 is 15.9 Å². The van der Waals surface area contributed by atoms with Crippen LogP contribution in [-0.2, 0) is 4.79 Å². The van der Waals surface area contributed by atoms with Crippen LogP contribution in [0.4, 0.5) is 18.9 Å². The maximum atomic E-state index is 13.7. The molecule has 29 heavy (non-hydrogen) atoms. The van der Waals surface area contributed by atoms with Crippen LogP contribution >= 0.6 is 11.8 Å². The molecule has 0 fully saturated rings. The van der Waals surface area contributed by atoms with Gasteiger partial charge < -0.3 is 15.9 Å². The lowest BCUT2D eigenvalue weighted by atomic mass is 10.2. The molecule has 0 bridgehead atoms. The highest BCUT2D eigenvalue weighted by Crippen LogP contribution is 2.27. The highest BCUT2D eigenvalue weighted by Gasteiger charge is 2.21. The SMILES string of the molecule is CC(Sc1nnc(-c2ccc(OC(F)F)cc2)n1N)C(=O)Nc1ccccc1F. The van der Waals surface area contributed by atoms with Crippen molar-refractivity contribution in [3.05, 3.63) is 54.3 Å². The van der Waals surface area contributed by atoms with Crippen LogP contribution in [0.5, 0.6) is 5.75 Å². The molecule has 1 aromatic heterocycles. The number of carbonyl (C=O) groups excluding carboxylic acids is 1. The predicted octanol–water partition coefficient (Wildman–Crippen LogP) is 3.52. The monoisotopic (exact) mass is 423 g/mol. The summed E-state index contributed by atoms with van der Waals surface area (Å²) in [4.78, 5) is 12.3. The quantitative estimate of drug-likeness (QED) is 0.446. The Morgan fingerprint density at radius 2 is 1.86 bits per heavy atom. The highest BCUT2D eigenvalue weighted by molar-refractivity contribution is 8.00. The van der Waals surface area contributed by atoms with Gasteiger partial charge in [-0.05, 0) is 43.3 Å². The second-order valence-electron chi connectivity index (χ2n) is 5.81. The molecule has 1 amide bonds. The number of aromatic nitrogens is 3. The number of alkyl halides is 2. The van der Waals surface area contributed by atoms with Gasteiger partial charge in [-0.3, -0.25) is 4.79 Å². The number of amides is 1. The van der Waals surface area contributed by atoms with Gasteiger partial charge in [-0.25, -0.2) is 9.07 Å². The minimum atomic E-state index is -2.92. The average molecular weight is 423 g/mol. The molecule has 1 unspecified atom stereocenters. The molecule has 11 heteroatoms. The van der Waals surface area contributed by atoms with Crippen molar-refractivity contribution >= 4 is 23.4 Å². The molecule has 1 atom stereocenters. The largest absolute Gasteiger partial charge is 0.435 e. The number of nitrogens with two attached hydrogens (primary N) is 1. The smallest absolute Gasteiger partial charge is 0.387 e. The maximum Gasteiger partial charge on any atom is 0.387 e. The number of carbonyl (C=O) groups is 1. The van der Waals surface area contributed by atoms with Gasteiger partial charge in [0, 0.05) is 5.56 Å². The van der Waals surface area contributed by atoms with Crippen LogP contribution in [0.25, 0.3) is 11.4 Å². The number of ether oxygens (including phenoxy) is 1. The topological polar surface area (TPSA) is 95.1 Å². The van der Waals surface area contributed by atoms with Gasteiger partial charge in [-0.2, -0.15) is 8.78 Å². The van der Waals surface area contributed by atoms with Crippen molar-refractivity contribution in [2.24, 2.45) is 0 Å². The number of nitrogens with one attached hydrogen (secondary N) is 1. The molecular formula is C18H16F3N5O2S. The number of hydrogen-bond acceptors (Lipinski definition) is 6. The number of para-hydroxylation sites is 1. The lowest BCUT2D eigenvalue weighted by Crippen LogP contribution is -2.24. The molecule has 3 rings (SSSR count). The van der Waals surface area contributed by atoms with E-state index in [1.165, 1.54) is 47.1 Å². The molecule has 0 aliphatic carbocycles. The zero-order chi connectivity index (χ0) is 21.0. The molecule has 0 radical (unpaired) electrons. The van der Waals surface area contributed by atoms with Crippen molar-refractivity contribution in [2.45, 2.75) is 23.9 Å². The molecule has 0 saturated carbocycles. The first-order valence-electron chi connectivity index (χ1n) is 8.33. The van der Waals surface area contributed by atoms with Crippen molar-refractivity contribution in [3.8, 4) is 17.1 Å². The summed E-state index contributed by atoms with van der Waals surface area (Å²) < 4.78 is 43.6. The fraction of sp³-hybridized carbons (Fsp3) is 0.167.